The summed E-state index contributed by atoms with van der Waals surface area (Å²) in [6.45, 7) is 13.7. The summed E-state index contributed by atoms with van der Waals surface area (Å²) in [4.78, 5) is 27.6. The van der Waals surface area contributed by atoms with Crippen LogP contribution in [0.1, 0.15) is 72.9 Å². The lowest BCUT2D eigenvalue weighted by atomic mass is 9.97. The number of aliphatic carboxylic acids is 1. The minimum Gasteiger partial charge on any atom is -0.481 e. The number of piperidine rings is 1. The number of nitrogens with zero attached hydrogens (tertiary/aromatic N) is 6. The number of aromatic nitrogens is 4. The normalized spacial score (nSPS) is 17.7. The number of hydrogen-bond donors (Lipinski definition) is 2. The van der Waals surface area contributed by atoms with Crippen molar-refractivity contribution in [1.29, 1.82) is 0 Å². The highest BCUT2D eigenvalue weighted by Gasteiger charge is 2.27. The second kappa shape index (κ2) is 14.4. The fourth-order valence-corrected chi connectivity index (χ4v) is 3.92. The number of carbonyl (C=O) groups is 1. The van der Waals surface area contributed by atoms with E-state index >= 15 is 0 Å². The van der Waals surface area contributed by atoms with Crippen molar-refractivity contribution in [1.82, 2.24) is 25.1 Å². The van der Waals surface area contributed by atoms with Gasteiger partial charge in [0.05, 0.1) is 17.7 Å². The zero-order valence-corrected chi connectivity index (χ0v) is 23.0. The summed E-state index contributed by atoms with van der Waals surface area (Å²) >= 11 is 0. The van der Waals surface area contributed by atoms with E-state index in [2.05, 4.69) is 49.1 Å². The second-order valence-electron chi connectivity index (χ2n) is 8.78. The highest BCUT2D eigenvalue weighted by Crippen LogP contribution is 2.30. The highest BCUT2D eigenvalue weighted by atomic mass is 16.4. The Balaban J connectivity index is 0.000000694. The number of dihydropyridines is 1. The molecule has 1 saturated heterocycles. The number of aliphatic imine (C=N–C) groups is 1. The van der Waals surface area contributed by atoms with Crippen molar-refractivity contribution in [3.63, 3.8) is 0 Å². The molecule has 9 heteroatoms. The van der Waals surface area contributed by atoms with E-state index in [1.54, 1.807) is 4.68 Å². The molecule has 2 aromatic rings. The maximum Gasteiger partial charge on any atom is 0.306 e. The van der Waals surface area contributed by atoms with Crippen LogP contribution in [0, 0.1) is 5.92 Å². The predicted molar refractivity (Wildman–Crippen MR) is 148 cm³/mol. The van der Waals surface area contributed by atoms with Crippen molar-refractivity contribution >= 4 is 35.0 Å². The molecule has 0 saturated carbocycles. The molecule has 2 aromatic heterocycles. The zero-order valence-electron chi connectivity index (χ0n) is 23.0. The third-order valence-corrected chi connectivity index (χ3v) is 6.12. The van der Waals surface area contributed by atoms with Crippen LogP contribution in [0.25, 0.3) is 11.0 Å². The molecular formula is C27H43N7O2. The summed E-state index contributed by atoms with van der Waals surface area (Å²) in [5.41, 5.74) is 3.69. The smallest absolute Gasteiger partial charge is 0.306 e. The Hall–Kier alpha value is -3.23. The van der Waals surface area contributed by atoms with E-state index < -0.39 is 5.97 Å². The van der Waals surface area contributed by atoms with E-state index in [1.165, 1.54) is 18.4 Å². The van der Waals surface area contributed by atoms with Crippen LogP contribution in [0.4, 0.5) is 11.8 Å². The zero-order chi connectivity index (χ0) is 26.7. The summed E-state index contributed by atoms with van der Waals surface area (Å²) in [6.07, 6.45) is 12.4. The van der Waals surface area contributed by atoms with Crippen molar-refractivity contribution < 1.29 is 9.90 Å². The van der Waals surface area contributed by atoms with Gasteiger partial charge in [0.1, 0.15) is 11.0 Å². The largest absolute Gasteiger partial charge is 0.481 e. The van der Waals surface area contributed by atoms with Gasteiger partial charge in [-0.15, -0.1) is 0 Å². The Morgan fingerprint density at radius 1 is 1.19 bits per heavy atom. The standard InChI is InChI=1S/C21H27N7O2.C4H10.C2H6/c1-4-16-17-18(27(3)26-16)19(23-12-15-11-13(2)5-8-22-15)25-21(24-17)28-9-6-14(7-10-28)20(29)30;1-3-4-2;1-2/h5,8,11-12,14-15,22H,4,6-7,9-10H2,1-3H3,(H,29,30);3-4H2,1-2H3;1-2H3. The Morgan fingerprint density at radius 3 is 2.42 bits per heavy atom. The van der Waals surface area contributed by atoms with E-state index in [-0.39, 0.29) is 12.0 Å². The number of rotatable bonds is 6. The molecule has 2 aliphatic heterocycles. The molecule has 2 aliphatic rings. The maximum absolute atomic E-state index is 11.3. The van der Waals surface area contributed by atoms with Crippen LogP contribution in [0.15, 0.2) is 28.9 Å². The van der Waals surface area contributed by atoms with Crippen molar-refractivity contribution in [2.45, 2.75) is 79.7 Å². The summed E-state index contributed by atoms with van der Waals surface area (Å²) in [5.74, 6) is 0.138. The van der Waals surface area contributed by atoms with Gasteiger partial charge in [0.15, 0.2) is 5.82 Å². The molecule has 198 valence electrons. The van der Waals surface area contributed by atoms with Crippen molar-refractivity contribution in [2.75, 3.05) is 18.0 Å². The van der Waals surface area contributed by atoms with Gasteiger partial charge in [-0.3, -0.25) is 9.48 Å². The molecule has 0 amide bonds. The summed E-state index contributed by atoms with van der Waals surface area (Å²) in [5, 5.41) is 17.1. The van der Waals surface area contributed by atoms with Crippen molar-refractivity contribution in [3.05, 3.63) is 29.6 Å². The SMILES string of the molecule is CC.CCCC.CCc1nn(C)c2c(N=CC3C=C(C)C=CN3)nc(N3CCC(C(=O)O)CC3)nc12. The minimum absolute atomic E-state index is 0.00588. The average molecular weight is 498 g/mol. The highest BCUT2D eigenvalue weighted by molar-refractivity contribution is 5.89. The van der Waals surface area contributed by atoms with Crippen LogP contribution in [0.2, 0.25) is 0 Å². The minimum atomic E-state index is -0.728. The van der Waals surface area contributed by atoms with Crippen LogP contribution in [-0.2, 0) is 18.3 Å². The number of carboxylic acids is 1. The lowest BCUT2D eigenvalue weighted by Crippen LogP contribution is -2.37. The van der Waals surface area contributed by atoms with Crippen LogP contribution in [0.5, 0.6) is 0 Å². The van der Waals surface area contributed by atoms with Crippen molar-refractivity contribution in [3.8, 4) is 0 Å². The Morgan fingerprint density at radius 2 is 1.86 bits per heavy atom. The molecule has 1 atom stereocenters. The first kappa shape index (κ1) is 29.0. The first-order valence-electron chi connectivity index (χ1n) is 13.2. The lowest BCUT2D eigenvalue weighted by molar-refractivity contribution is -0.142. The van der Waals surface area contributed by atoms with Gasteiger partial charge in [-0.25, -0.2) is 9.98 Å². The number of carboxylic acid groups (broad SMARTS) is 1. The van der Waals surface area contributed by atoms with E-state index in [9.17, 15) is 9.90 Å². The molecular weight excluding hydrogens is 454 g/mol. The fourth-order valence-electron chi connectivity index (χ4n) is 3.92. The van der Waals surface area contributed by atoms with E-state index in [4.69, 9.17) is 15.0 Å². The van der Waals surface area contributed by atoms with Gasteiger partial charge in [-0.2, -0.15) is 10.1 Å². The quantitative estimate of drug-likeness (QED) is 0.528. The topological polar surface area (TPSA) is 109 Å². The first-order valence-corrected chi connectivity index (χ1v) is 13.2. The Bertz CT molecular complexity index is 1080. The number of aryl methyl sites for hydroxylation is 2. The van der Waals surface area contributed by atoms with E-state index in [0.717, 1.165) is 23.1 Å². The number of nitrogens with one attached hydrogen (secondary N) is 1. The number of unbranched alkanes of at least 4 members (excludes halogenated alkanes) is 1. The average Bonchev–Trinajstić information content (AvgIpc) is 3.24. The number of hydrogen-bond acceptors (Lipinski definition) is 7. The second-order valence-corrected chi connectivity index (χ2v) is 8.78. The predicted octanol–water partition coefficient (Wildman–Crippen LogP) is 5.19. The molecule has 4 rings (SSSR count). The van der Waals surface area contributed by atoms with Crippen LogP contribution in [-0.4, -0.2) is 56.2 Å². The summed E-state index contributed by atoms with van der Waals surface area (Å²) in [7, 11) is 1.88. The molecule has 1 fully saturated rings. The van der Waals surface area contributed by atoms with Crippen LogP contribution >= 0.6 is 0 Å². The molecule has 2 N–H and O–H groups in total. The monoisotopic (exact) mass is 497 g/mol. The van der Waals surface area contributed by atoms with Crippen LogP contribution in [0.3, 0.4) is 0 Å². The molecule has 0 aliphatic carbocycles. The molecule has 0 radical (unpaired) electrons. The van der Waals surface area contributed by atoms with Gasteiger partial charge in [-0.05, 0) is 38.5 Å². The Labute approximate surface area is 215 Å². The van der Waals surface area contributed by atoms with Gasteiger partial charge < -0.3 is 15.3 Å². The fraction of sp³-hybridized carbons (Fsp3) is 0.593. The third kappa shape index (κ3) is 7.38. The lowest BCUT2D eigenvalue weighted by Gasteiger charge is -2.30. The molecule has 0 aromatic carbocycles. The summed E-state index contributed by atoms with van der Waals surface area (Å²) in [6, 6.07) is -0.00588. The molecule has 9 nitrogen and oxygen atoms in total. The maximum atomic E-state index is 11.3. The van der Waals surface area contributed by atoms with E-state index in [0.29, 0.717) is 37.7 Å². The summed E-state index contributed by atoms with van der Waals surface area (Å²) < 4.78 is 1.79. The number of anilines is 1. The third-order valence-electron chi connectivity index (χ3n) is 6.12. The molecule has 36 heavy (non-hydrogen) atoms. The van der Waals surface area contributed by atoms with Gasteiger partial charge in [0, 0.05) is 26.4 Å². The Kier molecular flexibility index (Phi) is 11.6. The van der Waals surface area contributed by atoms with Crippen LogP contribution < -0.4 is 10.2 Å². The van der Waals surface area contributed by atoms with Gasteiger partial charge >= 0.3 is 5.97 Å². The molecule has 0 bridgehead atoms. The van der Waals surface area contributed by atoms with E-state index in [1.807, 2.05) is 39.4 Å². The molecule has 4 heterocycles. The molecule has 1 unspecified atom stereocenters. The van der Waals surface area contributed by atoms with Gasteiger partial charge in [0.2, 0.25) is 5.95 Å². The molecule has 0 spiro atoms. The van der Waals surface area contributed by atoms with Crippen molar-refractivity contribution in [2.24, 2.45) is 18.0 Å². The van der Waals surface area contributed by atoms with Gasteiger partial charge in [0.25, 0.3) is 0 Å². The van der Waals surface area contributed by atoms with Gasteiger partial charge in [-0.1, -0.05) is 59.1 Å². The number of fused-ring (bicyclic) bond motifs is 1. The number of allylic oxidation sites excluding steroid dienone is 2. The first-order chi connectivity index (χ1) is 17.4.